The van der Waals surface area contributed by atoms with E-state index in [1.54, 1.807) is 0 Å². The Balaban J connectivity index is 1.30. The van der Waals surface area contributed by atoms with Crippen LogP contribution in [0.3, 0.4) is 0 Å². The molecule has 9 rings (SSSR count). The smallest absolute Gasteiger partial charge is 0.164 e. The molecule has 0 atom stereocenters. The SMILES string of the molecule is c1ccc2cc(-c3nc(-c4ccc5ccccc5c4)nc(-c4cccc5c4ccc4c6ccccc6sc54)n3)ccc2c1. The van der Waals surface area contributed by atoms with Crippen molar-refractivity contribution in [3.63, 3.8) is 0 Å². The van der Waals surface area contributed by atoms with Gasteiger partial charge in [0, 0.05) is 42.2 Å². The molecule has 0 aliphatic carbocycles. The first-order valence-electron chi connectivity index (χ1n) is 14.4. The second-order valence-electron chi connectivity index (χ2n) is 10.9. The van der Waals surface area contributed by atoms with Crippen molar-refractivity contribution in [2.45, 2.75) is 0 Å². The molecule has 200 valence electrons. The molecule has 0 spiro atoms. The second-order valence-corrected chi connectivity index (χ2v) is 11.9. The molecule has 0 aliphatic rings. The van der Waals surface area contributed by atoms with Crippen molar-refractivity contribution in [2.75, 3.05) is 0 Å². The van der Waals surface area contributed by atoms with E-state index in [1.165, 1.54) is 36.3 Å². The molecule has 0 N–H and O–H groups in total. The van der Waals surface area contributed by atoms with Crippen molar-refractivity contribution in [3.8, 4) is 34.2 Å². The molecule has 0 aliphatic heterocycles. The van der Waals surface area contributed by atoms with Gasteiger partial charge >= 0.3 is 0 Å². The fourth-order valence-electron chi connectivity index (χ4n) is 6.15. The zero-order valence-corrected chi connectivity index (χ0v) is 23.8. The lowest BCUT2D eigenvalue weighted by atomic mass is 10.0. The van der Waals surface area contributed by atoms with Crippen molar-refractivity contribution in [1.29, 1.82) is 0 Å². The van der Waals surface area contributed by atoms with E-state index in [-0.39, 0.29) is 0 Å². The van der Waals surface area contributed by atoms with Crippen molar-refractivity contribution in [2.24, 2.45) is 0 Å². The Morgan fingerprint density at radius 3 is 1.60 bits per heavy atom. The molecule has 7 aromatic carbocycles. The molecular weight excluding hydrogens is 543 g/mol. The predicted octanol–water partition coefficient (Wildman–Crippen LogP) is 10.7. The third-order valence-corrected chi connectivity index (χ3v) is 9.51. The number of benzene rings is 7. The number of fused-ring (bicyclic) bond motifs is 7. The van der Waals surface area contributed by atoms with Gasteiger partial charge < -0.3 is 0 Å². The first kappa shape index (κ1) is 24.2. The average Bonchev–Trinajstić information content (AvgIpc) is 3.47. The Bertz CT molecular complexity index is 2430. The van der Waals surface area contributed by atoms with E-state index in [0.29, 0.717) is 17.5 Å². The summed E-state index contributed by atoms with van der Waals surface area (Å²) in [5, 5.41) is 9.64. The van der Waals surface area contributed by atoms with Crippen LogP contribution in [0.1, 0.15) is 0 Å². The first-order valence-corrected chi connectivity index (χ1v) is 15.2. The van der Waals surface area contributed by atoms with Crippen LogP contribution in [-0.4, -0.2) is 15.0 Å². The predicted molar refractivity (Wildman–Crippen MR) is 182 cm³/mol. The summed E-state index contributed by atoms with van der Waals surface area (Å²) in [6, 6.07) is 49.2. The van der Waals surface area contributed by atoms with E-state index < -0.39 is 0 Å². The van der Waals surface area contributed by atoms with Crippen LogP contribution in [0.25, 0.3) is 86.7 Å². The van der Waals surface area contributed by atoms with E-state index >= 15 is 0 Å². The van der Waals surface area contributed by atoms with E-state index in [2.05, 4.69) is 140 Å². The molecular formula is C39H23N3S. The van der Waals surface area contributed by atoms with Crippen LogP contribution >= 0.6 is 11.3 Å². The Morgan fingerprint density at radius 1 is 0.372 bits per heavy atom. The number of rotatable bonds is 3. The Labute approximate surface area is 251 Å². The normalized spacial score (nSPS) is 11.7. The highest BCUT2D eigenvalue weighted by Crippen LogP contribution is 2.40. The molecule has 2 aromatic heterocycles. The largest absolute Gasteiger partial charge is 0.208 e. The Morgan fingerprint density at radius 2 is 0.907 bits per heavy atom. The molecule has 0 saturated carbocycles. The molecule has 0 unspecified atom stereocenters. The lowest BCUT2D eigenvalue weighted by Gasteiger charge is -2.11. The molecule has 3 nitrogen and oxygen atoms in total. The maximum absolute atomic E-state index is 5.12. The van der Waals surface area contributed by atoms with E-state index in [0.717, 1.165) is 32.8 Å². The van der Waals surface area contributed by atoms with E-state index in [4.69, 9.17) is 15.0 Å². The summed E-state index contributed by atoms with van der Waals surface area (Å²) in [5.41, 5.74) is 2.94. The van der Waals surface area contributed by atoms with Gasteiger partial charge in [-0.2, -0.15) is 0 Å². The van der Waals surface area contributed by atoms with Gasteiger partial charge in [-0.05, 0) is 45.1 Å². The van der Waals surface area contributed by atoms with Crippen LogP contribution in [0.5, 0.6) is 0 Å². The maximum Gasteiger partial charge on any atom is 0.164 e. The van der Waals surface area contributed by atoms with Gasteiger partial charge in [-0.3, -0.25) is 0 Å². The average molecular weight is 566 g/mol. The van der Waals surface area contributed by atoms with E-state index in [1.807, 2.05) is 11.3 Å². The van der Waals surface area contributed by atoms with Crippen LogP contribution in [0, 0.1) is 0 Å². The van der Waals surface area contributed by atoms with Crippen LogP contribution in [0.2, 0.25) is 0 Å². The zero-order valence-electron chi connectivity index (χ0n) is 23.0. The highest BCUT2D eigenvalue weighted by atomic mass is 32.1. The number of thiophene rings is 1. The standard InChI is InChI=1S/C39H23N3S/c1-3-10-26-22-28(18-16-24(26)8-1)37-40-38(29-19-17-25-9-2-4-11-27(25)23-29)42-39(41-37)34-14-7-13-32-30(34)20-21-33-31-12-5-6-15-35(31)43-36(32)33/h1-23H. The maximum atomic E-state index is 5.12. The van der Waals surface area contributed by atoms with Crippen molar-refractivity contribution in [3.05, 3.63) is 140 Å². The van der Waals surface area contributed by atoms with Gasteiger partial charge in [-0.1, -0.05) is 121 Å². The summed E-state index contributed by atoms with van der Waals surface area (Å²) in [6.45, 7) is 0. The lowest BCUT2D eigenvalue weighted by Crippen LogP contribution is -2.00. The van der Waals surface area contributed by atoms with Crippen LogP contribution in [0.4, 0.5) is 0 Å². The summed E-state index contributed by atoms with van der Waals surface area (Å²) in [4.78, 5) is 15.3. The van der Waals surface area contributed by atoms with Crippen LogP contribution in [-0.2, 0) is 0 Å². The van der Waals surface area contributed by atoms with Gasteiger partial charge in [-0.15, -0.1) is 11.3 Å². The summed E-state index contributed by atoms with van der Waals surface area (Å²) >= 11 is 1.84. The van der Waals surface area contributed by atoms with Gasteiger partial charge in [0.05, 0.1) is 0 Å². The van der Waals surface area contributed by atoms with Crippen LogP contribution in [0.15, 0.2) is 140 Å². The summed E-state index contributed by atoms with van der Waals surface area (Å²) < 4.78 is 2.59. The molecule has 9 aromatic rings. The molecule has 0 amide bonds. The van der Waals surface area contributed by atoms with Crippen molar-refractivity contribution < 1.29 is 0 Å². The van der Waals surface area contributed by atoms with Gasteiger partial charge in [-0.25, -0.2) is 15.0 Å². The summed E-state index contributed by atoms with van der Waals surface area (Å²) in [7, 11) is 0. The van der Waals surface area contributed by atoms with Crippen LogP contribution < -0.4 is 0 Å². The molecule has 0 fully saturated rings. The quantitative estimate of drug-likeness (QED) is 0.214. The van der Waals surface area contributed by atoms with Crippen molar-refractivity contribution in [1.82, 2.24) is 15.0 Å². The summed E-state index contributed by atoms with van der Waals surface area (Å²) in [5.74, 6) is 2.00. The number of hydrogen-bond donors (Lipinski definition) is 0. The summed E-state index contributed by atoms with van der Waals surface area (Å²) in [6.07, 6.45) is 0. The van der Waals surface area contributed by atoms with Crippen molar-refractivity contribution >= 4 is 63.8 Å². The fourth-order valence-corrected chi connectivity index (χ4v) is 7.38. The molecule has 43 heavy (non-hydrogen) atoms. The first-order chi connectivity index (χ1) is 21.3. The van der Waals surface area contributed by atoms with Gasteiger partial charge in [0.25, 0.3) is 0 Å². The Hall–Kier alpha value is -5.45. The van der Waals surface area contributed by atoms with E-state index in [9.17, 15) is 0 Å². The zero-order chi connectivity index (χ0) is 28.3. The molecule has 4 heteroatoms. The van der Waals surface area contributed by atoms with Gasteiger partial charge in [0.15, 0.2) is 17.5 Å². The lowest BCUT2D eigenvalue weighted by molar-refractivity contribution is 1.08. The second kappa shape index (κ2) is 9.55. The fraction of sp³-hybridized carbons (Fsp3) is 0. The highest BCUT2D eigenvalue weighted by molar-refractivity contribution is 7.26. The third kappa shape index (κ3) is 3.99. The molecule has 2 heterocycles. The molecule has 0 saturated heterocycles. The number of nitrogens with zero attached hydrogens (tertiary/aromatic N) is 3. The minimum atomic E-state index is 0.666. The number of hydrogen-bond acceptors (Lipinski definition) is 4. The third-order valence-electron chi connectivity index (χ3n) is 8.29. The van der Waals surface area contributed by atoms with Gasteiger partial charge in [0.1, 0.15) is 0 Å². The molecule has 0 radical (unpaired) electrons. The molecule has 0 bridgehead atoms. The minimum Gasteiger partial charge on any atom is -0.208 e. The topological polar surface area (TPSA) is 38.7 Å². The monoisotopic (exact) mass is 565 g/mol. The number of aromatic nitrogens is 3. The highest BCUT2D eigenvalue weighted by Gasteiger charge is 2.17. The Kier molecular flexibility index (Phi) is 5.37. The van der Waals surface area contributed by atoms with Gasteiger partial charge in [0.2, 0.25) is 0 Å². The minimum absolute atomic E-state index is 0.666.